The summed E-state index contributed by atoms with van der Waals surface area (Å²) in [7, 11) is 1.95. The second kappa shape index (κ2) is 5.24. The van der Waals surface area contributed by atoms with Gasteiger partial charge in [-0.2, -0.15) is 0 Å². The summed E-state index contributed by atoms with van der Waals surface area (Å²) in [5.41, 5.74) is 1.01. The third-order valence-electron chi connectivity index (χ3n) is 3.30. The second-order valence-corrected chi connectivity index (χ2v) is 5.62. The number of aliphatic hydroxyl groups is 1. The number of nitro groups is 1. The van der Waals surface area contributed by atoms with Gasteiger partial charge in [-0.15, -0.1) is 0 Å². The first kappa shape index (κ1) is 13.3. The third kappa shape index (κ3) is 2.81. The van der Waals surface area contributed by atoms with Crippen LogP contribution < -0.4 is 4.90 Å². The van der Waals surface area contributed by atoms with Crippen molar-refractivity contribution in [1.29, 1.82) is 0 Å². The lowest BCUT2D eigenvalue weighted by atomic mass is 9.82. The van der Waals surface area contributed by atoms with Gasteiger partial charge in [0.15, 0.2) is 0 Å². The Morgan fingerprint density at radius 3 is 2.72 bits per heavy atom. The number of halogens is 1. The van der Waals surface area contributed by atoms with Crippen molar-refractivity contribution >= 4 is 27.3 Å². The van der Waals surface area contributed by atoms with Crippen LogP contribution in [0.2, 0.25) is 0 Å². The maximum Gasteiger partial charge on any atom is 0.270 e. The van der Waals surface area contributed by atoms with Gasteiger partial charge in [-0.05, 0) is 40.8 Å². The van der Waals surface area contributed by atoms with E-state index in [1.807, 2.05) is 7.05 Å². The molecule has 0 bridgehead atoms. The number of anilines is 1. The molecule has 0 spiro atoms. The van der Waals surface area contributed by atoms with Gasteiger partial charge >= 0.3 is 0 Å². The Bertz CT molecular complexity index is 461. The lowest BCUT2D eigenvalue weighted by molar-refractivity contribution is -0.384. The largest absolute Gasteiger partial charge is 0.393 e. The first-order chi connectivity index (χ1) is 8.47. The normalized spacial score (nSPS) is 22.4. The zero-order chi connectivity index (χ0) is 13.3. The van der Waals surface area contributed by atoms with Gasteiger partial charge in [0, 0.05) is 30.2 Å². The fourth-order valence-electron chi connectivity index (χ4n) is 2.25. The molecule has 0 atom stereocenters. The summed E-state index contributed by atoms with van der Waals surface area (Å²) in [6.45, 7) is 0.855. The summed E-state index contributed by atoms with van der Waals surface area (Å²) in [5, 5.41) is 19.9. The molecule has 2 rings (SSSR count). The maximum absolute atomic E-state index is 10.6. The van der Waals surface area contributed by atoms with Crippen molar-refractivity contribution in [2.24, 2.45) is 5.92 Å². The molecule has 0 aromatic heterocycles. The van der Waals surface area contributed by atoms with Gasteiger partial charge in [0.2, 0.25) is 0 Å². The highest BCUT2D eigenvalue weighted by Gasteiger charge is 2.28. The number of hydrogen-bond donors (Lipinski definition) is 1. The Morgan fingerprint density at radius 1 is 1.56 bits per heavy atom. The Balaban J connectivity index is 2.05. The predicted octanol–water partition coefficient (Wildman–Crippen LogP) is 2.56. The Labute approximate surface area is 114 Å². The Hall–Kier alpha value is -1.14. The maximum atomic E-state index is 10.6. The quantitative estimate of drug-likeness (QED) is 0.685. The minimum atomic E-state index is -0.406. The molecule has 0 heterocycles. The van der Waals surface area contributed by atoms with E-state index >= 15 is 0 Å². The van der Waals surface area contributed by atoms with Crippen LogP contribution in [0.1, 0.15) is 12.8 Å². The summed E-state index contributed by atoms with van der Waals surface area (Å²) in [6.07, 6.45) is 1.54. The van der Waals surface area contributed by atoms with Gasteiger partial charge in [0.05, 0.1) is 16.7 Å². The molecule has 98 valence electrons. The van der Waals surface area contributed by atoms with Crippen LogP contribution in [0.4, 0.5) is 11.4 Å². The molecular weight excluding hydrogens is 300 g/mol. The third-order valence-corrected chi connectivity index (χ3v) is 3.93. The second-order valence-electron chi connectivity index (χ2n) is 4.76. The van der Waals surface area contributed by atoms with Crippen LogP contribution in [-0.4, -0.2) is 29.7 Å². The molecule has 1 N–H and O–H groups in total. The highest BCUT2D eigenvalue weighted by Crippen LogP contribution is 2.33. The van der Waals surface area contributed by atoms with Crippen LogP contribution in [0.3, 0.4) is 0 Å². The van der Waals surface area contributed by atoms with Crippen molar-refractivity contribution in [1.82, 2.24) is 0 Å². The lowest BCUT2D eigenvalue weighted by Gasteiger charge is -2.35. The van der Waals surface area contributed by atoms with Gasteiger partial charge < -0.3 is 10.0 Å². The molecule has 1 aliphatic rings. The molecule has 1 aromatic rings. The van der Waals surface area contributed by atoms with Crippen LogP contribution in [0, 0.1) is 16.0 Å². The minimum Gasteiger partial charge on any atom is -0.393 e. The van der Waals surface area contributed by atoms with E-state index in [4.69, 9.17) is 0 Å². The molecule has 1 aliphatic carbocycles. The molecule has 6 heteroatoms. The van der Waals surface area contributed by atoms with Gasteiger partial charge in [0.25, 0.3) is 5.69 Å². The minimum absolute atomic E-state index is 0.0816. The molecule has 0 saturated heterocycles. The lowest BCUT2D eigenvalue weighted by Crippen LogP contribution is -2.37. The van der Waals surface area contributed by atoms with E-state index in [9.17, 15) is 15.2 Å². The summed E-state index contributed by atoms with van der Waals surface area (Å²) < 4.78 is 0.721. The SMILES string of the molecule is CN(CC1CC(O)C1)c1ccc([N+](=O)[O-])cc1Br. The zero-order valence-corrected chi connectivity index (χ0v) is 11.6. The zero-order valence-electron chi connectivity index (χ0n) is 10.0. The summed E-state index contributed by atoms with van der Waals surface area (Å²) in [5.74, 6) is 0.507. The van der Waals surface area contributed by atoms with Crippen molar-refractivity contribution in [2.75, 3.05) is 18.5 Å². The topological polar surface area (TPSA) is 66.6 Å². The van der Waals surface area contributed by atoms with Crippen LogP contribution in [0.5, 0.6) is 0 Å². The summed E-state index contributed by atoms with van der Waals surface area (Å²) in [4.78, 5) is 12.3. The van der Waals surface area contributed by atoms with E-state index in [1.165, 1.54) is 12.1 Å². The van der Waals surface area contributed by atoms with E-state index in [2.05, 4.69) is 20.8 Å². The molecule has 1 aromatic carbocycles. The van der Waals surface area contributed by atoms with Crippen molar-refractivity contribution in [3.05, 3.63) is 32.8 Å². The van der Waals surface area contributed by atoms with Gasteiger partial charge in [-0.25, -0.2) is 0 Å². The van der Waals surface area contributed by atoms with Crippen LogP contribution >= 0.6 is 15.9 Å². The Kier molecular flexibility index (Phi) is 3.87. The van der Waals surface area contributed by atoms with E-state index in [0.29, 0.717) is 5.92 Å². The van der Waals surface area contributed by atoms with E-state index in [-0.39, 0.29) is 11.8 Å². The molecule has 18 heavy (non-hydrogen) atoms. The number of benzene rings is 1. The summed E-state index contributed by atoms with van der Waals surface area (Å²) >= 11 is 3.36. The smallest absolute Gasteiger partial charge is 0.270 e. The highest BCUT2D eigenvalue weighted by atomic mass is 79.9. The van der Waals surface area contributed by atoms with Crippen molar-refractivity contribution in [3.8, 4) is 0 Å². The van der Waals surface area contributed by atoms with E-state index in [1.54, 1.807) is 6.07 Å². The predicted molar refractivity (Wildman–Crippen MR) is 72.8 cm³/mol. The van der Waals surface area contributed by atoms with Crippen molar-refractivity contribution in [3.63, 3.8) is 0 Å². The summed E-state index contributed by atoms with van der Waals surface area (Å²) in [6, 6.07) is 4.77. The van der Waals surface area contributed by atoms with Crippen molar-refractivity contribution in [2.45, 2.75) is 18.9 Å². The number of aliphatic hydroxyl groups excluding tert-OH is 1. The number of non-ortho nitro benzene ring substituents is 1. The number of rotatable bonds is 4. The first-order valence-electron chi connectivity index (χ1n) is 5.80. The molecule has 0 amide bonds. The van der Waals surface area contributed by atoms with Crippen LogP contribution in [0.15, 0.2) is 22.7 Å². The Morgan fingerprint density at radius 2 is 2.22 bits per heavy atom. The first-order valence-corrected chi connectivity index (χ1v) is 6.60. The highest BCUT2D eigenvalue weighted by molar-refractivity contribution is 9.10. The van der Waals surface area contributed by atoms with Crippen molar-refractivity contribution < 1.29 is 10.0 Å². The molecule has 0 radical (unpaired) electrons. The average molecular weight is 315 g/mol. The van der Waals surface area contributed by atoms with Gasteiger partial charge in [0.1, 0.15) is 0 Å². The monoisotopic (exact) mass is 314 g/mol. The molecule has 0 unspecified atom stereocenters. The average Bonchev–Trinajstić information content (AvgIpc) is 2.26. The van der Waals surface area contributed by atoms with Crippen LogP contribution in [0.25, 0.3) is 0 Å². The van der Waals surface area contributed by atoms with E-state index < -0.39 is 4.92 Å². The molecule has 1 fully saturated rings. The van der Waals surface area contributed by atoms with E-state index in [0.717, 1.165) is 29.5 Å². The molecular formula is C12H15BrN2O3. The fraction of sp³-hybridized carbons (Fsp3) is 0.500. The fourth-order valence-corrected chi connectivity index (χ4v) is 2.92. The number of nitro benzene ring substituents is 1. The number of nitrogens with zero attached hydrogens (tertiary/aromatic N) is 2. The molecule has 5 nitrogen and oxygen atoms in total. The standard InChI is InChI=1S/C12H15BrN2O3/c1-14(7-8-4-10(16)5-8)12-3-2-9(15(17)18)6-11(12)13/h2-3,6,8,10,16H,4-5,7H2,1H3. The van der Waals surface area contributed by atoms with Crippen LogP contribution in [-0.2, 0) is 0 Å². The van der Waals surface area contributed by atoms with Gasteiger partial charge in [-0.3, -0.25) is 10.1 Å². The molecule has 0 aliphatic heterocycles. The molecule has 1 saturated carbocycles. The number of hydrogen-bond acceptors (Lipinski definition) is 4. The van der Waals surface area contributed by atoms with Gasteiger partial charge in [-0.1, -0.05) is 0 Å².